The van der Waals surface area contributed by atoms with Crippen molar-refractivity contribution in [3.05, 3.63) is 5.82 Å². The van der Waals surface area contributed by atoms with Gasteiger partial charge in [-0.2, -0.15) is 19.3 Å². The first kappa shape index (κ1) is 13.9. The fourth-order valence-corrected chi connectivity index (χ4v) is 2.65. The second kappa shape index (κ2) is 6.11. The Kier molecular flexibility index (Phi) is 4.48. The third kappa shape index (κ3) is 4.00. The van der Waals surface area contributed by atoms with Crippen LogP contribution < -0.4 is 10.1 Å². The Bertz CT molecular complexity index is 559. The summed E-state index contributed by atoms with van der Waals surface area (Å²) in [5.74, 6) is 1.21. The van der Waals surface area contributed by atoms with Crippen LogP contribution in [0.4, 0.5) is 5.95 Å². The number of hydrogen-bond donors (Lipinski definition) is 1. The lowest BCUT2D eigenvalue weighted by atomic mass is 10.5. The second-order valence-electron chi connectivity index (χ2n) is 3.85. The number of hydrogen-bond acceptors (Lipinski definition) is 9. The van der Waals surface area contributed by atoms with E-state index in [2.05, 4.69) is 29.6 Å². The highest BCUT2D eigenvalue weighted by Crippen LogP contribution is 2.27. The molecule has 9 heteroatoms. The molecule has 2 aromatic heterocycles. The van der Waals surface area contributed by atoms with E-state index in [1.165, 1.54) is 23.3 Å². The van der Waals surface area contributed by atoms with E-state index in [9.17, 15) is 0 Å². The van der Waals surface area contributed by atoms with Gasteiger partial charge in [0.15, 0.2) is 4.34 Å². The minimum absolute atomic E-state index is 0.00808. The van der Waals surface area contributed by atoms with Crippen molar-refractivity contribution in [1.82, 2.24) is 24.3 Å². The molecule has 0 radical (unpaired) electrons. The quantitative estimate of drug-likeness (QED) is 0.897. The minimum Gasteiger partial charge on any atom is -0.461 e. The van der Waals surface area contributed by atoms with E-state index in [1.54, 1.807) is 7.05 Å². The molecule has 2 rings (SSSR count). The van der Waals surface area contributed by atoms with Crippen molar-refractivity contribution in [2.45, 2.75) is 36.4 Å². The summed E-state index contributed by atoms with van der Waals surface area (Å²) in [4.78, 5) is 16.9. The van der Waals surface area contributed by atoms with Crippen LogP contribution in [-0.4, -0.2) is 37.5 Å². The van der Waals surface area contributed by atoms with Gasteiger partial charge in [-0.25, -0.2) is 4.98 Å². The van der Waals surface area contributed by atoms with E-state index in [1.807, 2.05) is 20.8 Å². The van der Waals surface area contributed by atoms with Crippen LogP contribution in [0.1, 0.15) is 19.7 Å². The van der Waals surface area contributed by atoms with E-state index in [0.29, 0.717) is 17.1 Å². The fraction of sp³-hybridized carbons (Fsp3) is 0.500. The van der Waals surface area contributed by atoms with Crippen LogP contribution >= 0.6 is 23.3 Å². The van der Waals surface area contributed by atoms with Crippen molar-refractivity contribution in [2.24, 2.45) is 0 Å². The van der Waals surface area contributed by atoms with Gasteiger partial charge in [-0.1, -0.05) is 0 Å². The first-order valence-corrected chi connectivity index (χ1v) is 7.24. The number of rotatable bonds is 5. The Balaban J connectivity index is 2.23. The van der Waals surface area contributed by atoms with E-state index >= 15 is 0 Å². The predicted octanol–water partition coefficient (Wildman–Crippen LogP) is 2.01. The SMILES string of the molecule is CNc1nc(OC(C)C)nc(Sc2nc(C)ns2)n1. The number of anilines is 1. The molecular formula is C10H14N6OS2. The van der Waals surface area contributed by atoms with E-state index in [0.717, 1.165) is 10.2 Å². The predicted molar refractivity (Wildman–Crippen MR) is 73.9 cm³/mol. The number of aromatic nitrogens is 5. The van der Waals surface area contributed by atoms with Crippen molar-refractivity contribution in [2.75, 3.05) is 12.4 Å². The number of aryl methyl sites for hydroxylation is 1. The van der Waals surface area contributed by atoms with Crippen molar-refractivity contribution in [3.63, 3.8) is 0 Å². The molecule has 2 aromatic rings. The highest BCUT2D eigenvalue weighted by molar-refractivity contribution is 8.00. The van der Waals surface area contributed by atoms with Gasteiger partial charge in [-0.15, -0.1) is 0 Å². The highest BCUT2D eigenvalue weighted by Gasteiger charge is 2.11. The largest absolute Gasteiger partial charge is 0.461 e. The number of nitrogens with one attached hydrogen (secondary N) is 1. The molecule has 0 aromatic carbocycles. The molecule has 0 saturated heterocycles. The molecule has 0 atom stereocenters. The summed E-state index contributed by atoms with van der Waals surface area (Å²) < 4.78 is 10.4. The average molecular weight is 298 g/mol. The van der Waals surface area contributed by atoms with Crippen molar-refractivity contribution < 1.29 is 4.74 Å². The molecule has 0 spiro atoms. The molecule has 102 valence electrons. The average Bonchev–Trinajstić information content (AvgIpc) is 2.73. The summed E-state index contributed by atoms with van der Waals surface area (Å²) in [6, 6.07) is 0.304. The van der Waals surface area contributed by atoms with Crippen molar-refractivity contribution in [3.8, 4) is 6.01 Å². The molecule has 7 nitrogen and oxygen atoms in total. The molecular weight excluding hydrogens is 284 g/mol. The third-order valence-electron chi connectivity index (χ3n) is 1.85. The van der Waals surface area contributed by atoms with Gasteiger partial charge in [0, 0.05) is 7.05 Å². The van der Waals surface area contributed by atoms with Crippen molar-refractivity contribution >= 4 is 29.2 Å². The Labute approximate surface area is 119 Å². The smallest absolute Gasteiger partial charge is 0.322 e. The van der Waals surface area contributed by atoms with Gasteiger partial charge in [0.05, 0.1) is 6.10 Å². The fourth-order valence-electron chi connectivity index (χ4n) is 1.16. The van der Waals surface area contributed by atoms with Crippen molar-refractivity contribution in [1.29, 1.82) is 0 Å². The first-order valence-electron chi connectivity index (χ1n) is 5.65. The maximum Gasteiger partial charge on any atom is 0.322 e. The maximum atomic E-state index is 5.49. The molecule has 0 aliphatic rings. The summed E-state index contributed by atoms with van der Waals surface area (Å²) in [5.41, 5.74) is 0. The molecule has 0 fully saturated rings. The first-order chi connectivity index (χ1) is 9.06. The van der Waals surface area contributed by atoms with Gasteiger partial charge in [-0.3, -0.25) is 0 Å². The number of nitrogens with zero attached hydrogens (tertiary/aromatic N) is 5. The Hall–Kier alpha value is -1.48. The molecule has 0 unspecified atom stereocenters. The summed E-state index contributed by atoms with van der Waals surface area (Å²) in [6.45, 7) is 5.69. The zero-order valence-electron chi connectivity index (χ0n) is 11.0. The third-order valence-corrected chi connectivity index (χ3v) is 3.55. The van der Waals surface area contributed by atoms with Crippen LogP contribution in [0.5, 0.6) is 6.01 Å². The van der Waals surface area contributed by atoms with Gasteiger partial charge in [0.1, 0.15) is 5.82 Å². The molecule has 2 heterocycles. The summed E-state index contributed by atoms with van der Waals surface area (Å²) in [6.07, 6.45) is 0.00808. The topological polar surface area (TPSA) is 85.7 Å². The van der Waals surface area contributed by atoms with E-state index in [-0.39, 0.29) is 6.10 Å². The molecule has 19 heavy (non-hydrogen) atoms. The Morgan fingerprint density at radius 3 is 2.58 bits per heavy atom. The normalized spacial score (nSPS) is 10.8. The monoisotopic (exact) mass is 298 g/mol. The molecule has 0 amide bonds. The molecule has 1 N–H and O–H groups in total. The molecule has 0 aliphatic carbocycles. The van der Waals surface area contributed by atoms with Crippen LogP contribution in [0.2, 0.25) is 0 Å². The Morgan fingerprint density at radius 2 is 2.00 bits per heavy atom. The van der Waals surface area contributed by atoms with E-state index < -0.39 is 0 Å². The second-order valence-corrected chi connectivity index (χ2v) is 5.82. The van der Waals surface area contributed by atoms with Crippen LogP contribution in [0.15, 0.2) is 9.50 Å². The lowest BCUT2D eigenvalue weighted by Crippen LogP contribution is -2.10. The van der Waals surface area contributed by atoms with E-state index in [4.69, 9.17) is 4.74 Å². The van der Waals surface area contributed by atoms with Crippen LogP contribution in [-0.2, 0) is 0 Å². The Morgan fingerprint density at radius 1 is 1.21 bits per heavy atom. The summed E-state index contributed by atoms with van der Waals surface area (Å²) >= 11 is 2.66. The van der Waals surface area contributed by atoms with Gasteiger partial charge in [0.2, 0.25) is 11.1 Å². The van der Waals surface area contributed by atoms with Gasteiger partial charge in [-0.05, 0) is 44.1 Å². The lowest BCUT2D eigenvalue weighted by molar-refractivity contribution is 0.219. The standard InChI is InChI=1S/C10H14N6OS2/c1-5(2)17-8-13-7(11-4)14-9(15-8)18-10-12-6(3)16-19-10/h5H,1-4H3,(H,11,13,14,15). The van der Waals surface area contributed by atoms with Crippen LogP contribution in [0.3, 0.4) is 0 Å². The highest BCUT2D eigenvalue weighted by atomic mass is 32.2. The molecule has 0 bridgehead atoms. The van der Waals surface area contributed by atoms with Gasteiger partial charge >= 0.3 is 6.01 Å². The van der Waals surface area contributed by atoms with Gasteiger partial charge < -0.3 is 10.1 Å². The van der Waals surface area contributed by atoms with Gasteiger partial charge in [0.25, 0.3) is 0 Å². The van der Waals surface area contributed by atoms with Crippen LogP contribution in [0.25, 0.3) is 0 Å². The number of ether oxygens (including phenoxy) is 1. The molecule has 0 saturated carbocycles. The zero-order chi connectivity index (χ0) is 13.8. The lowest BCUT2D eigenvalue weighted by Gasteiger charge is -2.09. The summed E-state index contributed by atoms with van der Waals surface area (Å²) in [7, 11) is 1.75. The van der Waals surface area contributed by atoms with Crippen LogP contribution in [0, 0.1) is 6.92 Å². The maximum absolute atomic E-state index is 5.49. The minimum atomic E-state index is 0.00808. The zero-order valence-corrected chi connectivity index (χ0v) is 12.7. The molecule has 0 aliphatic heterocycles. The summed E-state index contributed by atoms with van der Waals surface area (Å²) in [5, 5.41) is 3.42.